The molecule has 1 saturated carbocycles. The normalized spacial score (nSPS) is 14.9. The fraction of sp³-hybridized carbons (Fsp3) is 0.500. The summed E-state index contributed by atoms with van der Waals surface area (Å²) in [5, 5.41) is 6.99. The summed E-state index contributed by atoms with van der Waals surface area (Å²) in [5.74, 6) is 0.569. The number of ether oxygens (including phenoxy) is 2. The van der Waals surface area contributed by atoms with E-state index in [-0.39, 0.29) is 24.3 Å². The van der Waals surface area contributed by atoms with Crippen LogP contribution in [0.1, 0.15) is 49.4 Å². The van der Waals surface area contributed by atoms with Gasteiger partial charge in [0.05, 0.1) is 20.6 Å². The van der Waals surface area contributed by atoms with E-state index in [1.165, 1.54) is 27.1 Å². The van der Waals surface area contributed by atoms with Crippen molar-refractivity contribution < 1.29 is 19.1 Å². The van der Waals surface area contributed by atoms with Crippen molar-refractivity contribution in [3.8, 4) is 11.5 Å². The number of nitrogens with zero attached hydrogens (tertiary/aromatic N) is 1. The molecule has 2 N–H and O–H groups in total. The van der Waals surface area contributed by atoms with E-state index < -0.39 is 0 Å². The number of rotatable bonds is 7. The molecule has 1 aromatic carbocycles. The Morgan fingerprint density at radius 3 is 2.48 bits per heavy atom. The molecule has 0 spiro atoms. The van der Waals surface area contributed by atoms with E-state index in [0.717, 1.165) is 12.8 Å². The van der Waals surface area contributed by atoms with Gasteiger partial charge in [0.1, 0.15) is 0 Å². The number of hydrazone groups is 1. The minimum atomic E-state index is -0.378. The maximum Gasteiger partial charge on any atom is 0.271 e. The first-order chi connectivity index (χ1) is 12.0. The van der Waals surface area contributed by atoms with Crippen LogP contribution in [0.3, 0.4) is 0 Å². The van der Waals surface area contributed by atoms with Crippen molar-refractivity contribution in [2.45, 2.75) is 45.1 Å². The zero-order valence-electron chi connectivity index (χ0n) is 14.9. The Morgan fingerprint density at radius 1 is 1.16 bits per heavy atom. The molecule has 0 radical (unpaired) electrons. The van der Waals surface area contributed by atoms with Crippen LogP contribution in [0.15, 0.2) is 23.3 Å². The number of amides is 2. The SMILES string of the molecule is COc1ccc(C(=O)N/N=C(\C)CC(=O)NC2CCCC2)cc1OC. The summed E-state index contributed by atoms with van der Waals surface area (Å²) in [6.45, 7) is 1.71. The van der Waals surface area contributed by atoms with Crippen molar-refractivity contribution in [3.63, 3.8) is 0 Å². The summed E-state index contributed by atoms with van der Waals surface area (Å²) in [6, 6.07) is 5.13. The minimum absolute atomic E-state index is 0.0616. The molecule has 0 heterocycles. The van der Waals surface area contributed by atoms with Crippen LogP contribution in [0.5, 0.6) is 11.5 Å². The molecular weight excluding hydrogens is 322 g/mol. The molecule has 0 aliphatic heterocycles. The molecule has 2 amide bonds. The van der Waals surface area contributed by atoms with Crippen LogP contribution in [-0.2, 0) is 4.79 Å². The van der Waals surface area contributed by atoms with E-state index in [9.17, 15) is 9.59 Å². The number of hydrogen-bond donors (Lipinski definition) is 2. The standard InChI is InChI=1S/C18H25N3O4/c1-12(10-17(22)19-14-6-4-5-7-14)20-21-18(23)13-8-9-15(24-2)16(11-13)25-3/h8-9,11,14H,4-7,10H2,1-3H3,(H,19,22)(H,21,23)/b20-12+. The summed E-state index contributed by atoms with van der Waals surface area (Å²) in [5.41, 5.74) is 3.40. The Hall–Kier alpha value is -2.57. The van der Waals surface area contributed by atoms with Gasteiger partial charge in [-0.15, -0.1) is 0 Å². The van der Waals surface area contributed by atoms with Crippen molar-refractivity contribution in [1.82, 2.24) is 10.7 Å². The predicted octanol–water partition coefficient (Wildman–Crippen LogP) is 2.26. The van der Waals surface area contributed by atoms with E-state index in [1.807, 2.05) is 0 Å². The molecule has 0 atom stereocenters. The van der Waals surface area contributed by atoms with E-state index in [1.54, 1.807) is 25.1 Å². The van der Waals surface area contributed by atoms with Crippen LogP contribution in [0.4, 0.5) is 0 Å². The van der Waals surface area contributed by atoms with Gasteiger partial charge < -0.3 is 14.8 Å². The number of carbonyl (C=O) groups is 2. The molecule has 1 fully saturated rings. The van der Waals surface area contributed by atoms with E-state index in [0.29, 0.717) is 22.8 Å². The number of hydrogen-bond acceptors (Lipinski definition) is 5. The molecule has 7 nitrogen and oxygen atoms in total. The van der Waals surface area contributed by atoms with Gasteiger partial charge in [-0.3, -0.25) is 9.59 Å². The van der Waals surface area contributed by atoms with E-state index >= 15 is 0 Å². The molecule has 0 saturated heterocycles. The highest BCUT2D eigenvalue weighted by molar-refractivity contribution is 6.01. The Labute approximate surface area is 147 Å². The second kappa shape index (κ2) is 9.05. The smallest absolute Gasteiger partial charge is 0.271 e. The van der Waals surface area contributed by atoms with Crippen molar-refractivity contribution in [3.05, 3.63) is 23.8 Å². The van der Waals surface area contributed by atoms with Gasteiger partial charge in [-0.25, -0.2) is 5.43 Å². The molecule has 1 aliphatic rings. The van der Waals surface area contributed by atoms with Crippen LogP contribution in [0, 0.1) is 0 Å². The Kier molecular flexibility index (Phi) is 6.80. The van der Waals surface area contributed by atoms with Gasteiger partial charge in [0.2, 0.25) is 5.91 Å². The van der Waals surface area contributed by atoms with Crippen LogP contribution in [0.2, 0.25) is 0 Å². The van der Waals surface area contributed by atoms with Crippen molar-refractivity contribution in [2.24, 2.45) is 5.10 Å². The van der Waals surface area contributed by atoms with Gasteiger partial charge in [0.25, 0.3) is 5.91 Å². The third-order valence-electron chi connectivity index (χ3n) is 4.13. The number of nitrogens with one attached hydrogen (secondary N) is 2. The van der Waals surface area contributed by atoms with E-state index in [2.05, 4.69) is 15.8 Å². The third-order valence-corrected chi connectivity index (χ3v) is 4.13. The average Bonchev–Trinajstić information content (AvgIpc) is 3.11. The van der Waals surface area contributed by atoms with Gasteiger partial charge in [0, 0.05) is 17.3 Å². The zero-order valence-corrected chi connectivity index (χ0v) is 14.9. The lowest BCUT2D eigenvalue weighted by Crippen LogP contribution is -2.33. The van der Waals surface area contributed by atoms with Crippen LogP contribution in [-0.4, -0.2) is 37.8 Å². The molecule has 25 heavy (non-hydrogen) atoms. The lowest BCUT2D eigenvalue weighted by Gasteiger charge is -2.11. The second-order valence-corrected chi connectivity index (χ2v) is 6.08. The topological polar surface area (TPSA) is 89.0 Å². The van der Waals surface area contributed by atoms with Crippen LogP contribution in [0.25, 0.3) is 0 Å². The first-order valence-corrected chi connectivity index (χ1v) is 8.38. The minimum Gasteiger partial charge on any atom is -0.493 e. The number of methoxy groups -OCH3 is 2. The Bertz CT molecular complexity index is 652. The van der Waals surface area contributed by atoms with Crippen molar-refractivity contribution in [2.75, 3.05) is 14.2 Å². The summed E-state index contributed by atoms with van der Waals surface area (Å²) in [7, 11) is 3.03. The monoisotopic (exact) mass is 347 g/mol. The first kappa shape index (κ1) is 18.8. The van der Waals surface area contributed by atoms with Gasteiger partial charge >= 0.3 is 0 Å². The average molecular weight is 347 g/mol. The van der Waals surface area contributed by atoms with Gasteiger partial charge in [0.15, 0.2) is 11.5 Å². The summed E-state index contributed by atoms with van der Waals surface area (Å²) in [4.78, 5) is 24.1. The lowest BCUT2D eigenvalue weighted by atomic mass is 10.2. The molecule has 0 aromatic heterocycles. The largest absolute Gasteiger partial charge is 0.493 e. The van der Waals surface area contributed by atoms with Crippen LogP contribution >= 0.6 is 0 Å². The fourth-order valence-electron chi connectivity index (χ4n) is 2.81. The molecule has 1 aromatic rings. The lowest BCUT2D eigenvalue weighted by molar-refractivity contribution is -0.120. The maximum atomic E-state index is 12.2. The predicted molar refractivity (Wildman–Crippen MR) is 95.1 cm³/mol. The number of carbonyl (C=O) groups excluding carboxylic acids is 2. The fourth-order valence-corrected chi connectivity index (χ4v) is 2.81. The highest BCUT2D eigenvalue weighted by atomic mass is 16.5. The highest BCUT2D eigenvalue weighted by Crippen LogP contribution is 2.27. The molecule has 0 bridgehead atoms. The van der Waals surface area contributed by atoms with Gasteiger partial charge in [-0.05, 0) is 38.0 Å². The second-order valence-electron chi connectivity index (χ2n) is 6.08. The summed E-state index contributed by atoms with van der Waals surface area (Å²) in [6.07, 6.45) is 4.58. The molecule has 136 valence electrons. The summed E-state index contributed by atoms with van der Waals surface area (Å²) < 4.78 is 10.3. The first-order valence-electron chi connectivity index (χ1n) is 8.38. The molecule has 7 heteroatoms. The van der Waals surface area contributed by atoms with Crippen LogP contribution < -0.4 is 20.2 Å². The Balaban J connectivity index is 1.88. The maximum absolute atomic E-state index is 12.2. The van der Waals surface area contributed by atoms with Gasteiger partial charge in [-0.1, -0.05) is 12.8 Å². The Morgan fingerprint density at radius 2 is 1.84 bits per heavy atom. The molecule has 1 aliphatic carbocycles. The quantitative estimate of drug-likeness (QED) is 0.585. The highest BCUT2D eigenvalue weighted by Gasteiger charge is 2.17. The molecule has 2 rings (SSSR count). The zero-order chi connectivity index (χ0) is 18.2. The van der Waals surface area contributed by atoms with E-state index in [4.69, 9.17) is 9.47 Å². The summed E-state index contributed by atoms with van der Waals surface area (Å²) >= 11 is 0. The third kappa shape index (κ3) is 5.48. The van der Waals surface area contributed by atoms with Crippen molar-refractivity contribution >= 4 is 17.5 Å². The molecule has 0 unspecified atom stereocenters. The molecular formula is C18H25N3O4. The van der Waals surface area contributed by atoms with Crippen molar-refractivity contribution in [1.29, 1.82) is 0 Å². The number of benzene rings is 1. The van der Waals surface area contributed by atoms with Gasteiger partial charge in [-0.2, -0.15) is 5.10 Å².